The van der Waals surface area contributed by atoms with E-state index in [1.165, 1.54) is 12.3 Å². The lowest BCUT2D eigenvalue weighted by atomic mass is 10.0. The molecule has 0 aliphatic carbocycles. The number of amides is 1. The fourth-order valence-electron chi connectivity index (χ4n) is 1.68. The molecule has 19 heavy (non-hydrogen) atoms. The Morgan fingerprint density at radius 1 is 1.53 bits per heavy atom. The van der Waals surface area contributed by atoms with E-state index in [0.717, 1.165) is 11.1 Å². The molecule has 1 aromatic carbocycles. The highest BCUT2D eigenvalue weighted by Crippen LogP contribution is 2.17. The van der Waals surface area contributed by atoms with Crippen LogP contribution in [0.2, 0.25) is 0 Å². The molecule has 1 amide bonds. The van der Waals surface area contributed by atoms with Crippen molar-refractivity contribution < 1.29 is 14.7 Å². The molecule has 0 bridgehead atoms. The molecule has 0 saturated heterocycles. The topological polar surface area (TPSA) is 76.4 Å². The average Bonchev–Trinajstić information content (AvgIpc) is 2.82. The molecule has 0 aliphatic rings. The zero-order chi connectivity index (χ0) is 13.8. The summed E-state index contributed by atoms with van der Waals surface area (Å²) >= 11 is 2.92. The number of hydrogen-bond donors (Lipinski definition) is 2. The van der Waals surface area contributed by atoms with Crippen molar-refractivity contribution in [3.63, 3.8) is 0 Å². The van der Waals surface area contributed by atoms with E-state index in [9.17, 15) is 4.79 Å². The molecule has 0 fully saturated rings. The molecule has 0 spiro atoms. The first-order valence-corrected chi connectivity index (χ1v) is 6.28. The highest BCUT2D eigenvalue weighted by Gasteiger charge is 2.13. The Labute approximate surface area is 118 Å². The van der Waals surface area contributed by atoms with Crippen molar-refractivity contribution in [1.82, 2.24) is 14.3 Å². The molecular weight excluding hydrogens is 314 g/mol. The predicted molar refractivity (Wildman–Crippen MR) is 71.3 cm³/mol. The summed E-state index contributed by atoms with van der Waals surface area (Å²) in [7, 11) is 0. The highest BCUT2D eigenvalue weighted by atomic mass is 79.9. The van der Waals surface area contributed by atoms with E-state index in [1.54, 1.807) is 12.1 Å². The minimum absolute atomic E-state index is 0.194. The van der Waals surface area contributed by atoms with Crippen LogP contribution in [-0.2, 0) is 6.61 Å². The molecule has 0 unspecified atom stereocenters. The van der Waals surface area contributed by atoms with Gasteiger partial charge in [0, 0.05) is 33.3 Å². The van der Waals surface area contributed by atoms with Gasteiger partial charge in [-0.1, -0.05) is 17.2 Å². The summed E-state index contributed by atoms with van der Waals surface area (Å²) in [6, 6.07) is 6.95. The number of benzene rings is 1. The minimum Gasteiger partial charge on any atom is -0.472 e. The van der Waals surface area contributed by atoms with Crippen LogP contribution in [-0.4, -0.2) is 21.1 Å². The fourth-order valence-corrected chi connectivity index (χ4v) is 1.89. The van der Waals surface area contributed by atoms with Crippen molar-refractivity contribution >= 4 is 22.1 Å². The first-order valence-electron chi connectivity index (χ1n) is 5.49. The lowest BCUT2D eigenvalue weighted by Gasteiger charge is -2.11. The summed E-state index contributed by atoms with van der Waals surface area (Å²) < 4.78 is 7.85. The van der Waals surface area contributed by atoms with Gasteiger partial charge in [-0.05, 0) is 18.6 Å². The number of rotatable bonds is 4. The van der Waals surface area contributed by atoms with E-state index in [0.29, 0.717) is 10.4 Å². The van der Waals surface area contributed by atoms with Crippen molar-refractivity contribution in [2.45, 2.75) is 13.5 Å². The third kappa shape index (κ3) is 3.05. The average molecular weight is 326 g/mol. The Hall–Kier alpha value is -2.02. The molecule has 0 atom stereocenters. The van der Waals surface area contributed by atoms with Crippen molar-refractivity contribution in [2.75, 3.05) is 0 Å². The Balaban J connectivity index is 2.21. The van der Waals surface area contributed by atoms with Crippen molar-refractivity contribution in [3.05, 3.63) is 47.2 Å². The van der Waals surface area contributed by atoms with Gasteiger partial charge in [0.15, 0.2) is 0 Å². The van der Waals surface area contributed by atoms with E-state index >= 15 is 0 Å². The number of carbonyl (C=O) groups excluding carboxylic acids is 1. The maximum absolute atomic E-state index is 11.7. The van der Waals surface area contributed by atoms with Gasteiger partial charge >= 0.3 is 0 Å². The van der Waals surface area contributed by atoms with Crippen LogP contribution in [0.1, 0.15) is 21.5 Å². The summed E-state index contributed by atoms with van der Waals surface area (Å²) in [5, 5.41) is 12.7. The Bertz CT molecular complexity index is 598. The lowest BCUT2D eigenvalue weighted by molar-refractivity contribution is 0.0983. The fraction of sp³-hybridized carbons (Fsp3) is 0.167. The van der Waals surface area contributed by atoms with Crippen LogP contribution < -0.4 is 9.08 Å². The van der Waals surface area contributed by atoms with Gasteiger partial charge in [0.2, 0.25) is 5.88 Å². The molecule has 0 aliphatic heterocycles. The van der Waals surface area contributed by atoms with E-state index in [4.69, 9.17) is 9.94 Å². The second kappa shape index (κ2) is 5.75. The second-order valence-corrected chi connectivity index (χ2v) is 4.28. The van der Waals surface area contributed by atoms with Gasteiger partial charge < -0.3 is 9.94 Å². The van der Waals surface area contributed by atoms with Crippen LogP contribution >= 0.6 is 16.1 Å². The third-order valence-corrected chi connectivity index (χ3v) is 3.02. The quantitative estimate of drug-likeness (QED) is 0.666. The number of ether oxygens (including phenoxy) is 1. The zero-order valence-corrected chi connectivity index (χ0v) is 11.7. The van der Waals surface area contributed by atoms with Crippen LogP contribution in [0.15, 0.2) is 30.5 Å². The number of aryl methyl sites for hydroxylation is 1. The molecule has 6 nitrogen and oxygen atoms in total. The first kappa shape index (κ1) is 13.4. The molecule has 100 valence electrons. The second-order valence-electron chi connectivity index (χ2n) is 3.89. The van der Waals surface area contributed by atoms with Crippen molar-refractivity contribution in [3.8, 4) is 5.88 Å². The van der Waals surface area contributed by atoms with Crippen molar-refractivity contribution in [1.29, 1.82) is 0 Å². The highest BCUT2D eigenvalue weighted by molar-refractivity contribution is 9.08. The summed E-state index contributed by atoms with van der Waals surface area (Å²) in [5.74, 6) is 0.0472. The number of hydrogen-bond acceptors (Lipinski definition) is 4. The van der Waals surface area contributed by atoms with Crippen LogP contribution in [0.5, 0.6) is 5.88 Å². The standard InChI is InChI=1S/C12H12BrN3O3/c1-8-3-2-4-9(12(17)14-13)10(8)7-19-11-5-6-16(18)15-11/h2-6,18H,7H2,1H3,(H,14,17). The summed E-state index contributed by atoms with van der Waals surface area (Å²) in [6.07, 6.45) is 1.36. The summed E-state index contributed by atoms with van der Waals surface area (Å²) in [6.45, 7) is 2.09. The molecule has 2 aromatic rings. The van der Waals surface area contributed by atoms with Gasteiger partial charge in [-0.25, -0.2) is 0 Å². The van der Waals surface area contributed by atoms with Gasteiger partial charge in [0.05, 0.1) is 6.20 Å². The Morgan fingerprint density at radius 3 is 2.95 bits per heavy atom. The maximum atomic E-state index is 11.7. The Morgan fingerprint density at radius 2 is 2.32 bits per heavy atom. The first-order chi connectivity index (χ1) is 9.11. The molecule has 0 radical (unpaired) electrons. The predicted octanol–water partition coefficient (Wildman–Crippen LogP) is 2.05. The van der Waals surface area contributed by atoms with E-state index in [2.05, 4.69) is 25.6 Å². The van der Waals surface area contributed by atoms with Gasteiger partial charge in [-0.15, -0.1) is 4.85 Å². The molecular formula is C12H12BrN3O3. The molecule has 7 heteroatoms. The van der Waals surface area contributed by atoms with Gasteiger partial charge in [-0.3, -0.25) is 9.14 Å². The largest absolute Gasteiger partial charge is 0.472 e. The van der Waals surface area contributed by atoms with Crippen LogP contribution in [0.4, 0.5) is 0 Å². The summed E-state index contributed by atoms with van der Waals surface area (Å²) in [4.78, 5) is 12.4. The van der Waals surface area contributed by atoms with Crippen LogP contribution in [0.25, 0.3) is 0 Å². The van der Waals surface area contributed by atoms with Crippen LogP contribution in [0.3, 0.4) is 0 Å². The van der Waals surface area contributed by atoms with Gasteiger partial charge in [0.1, 0.15) is 6.61 Å². The number of carbonyl (C=O) groups is 1. The number of aromatic nitrogens is 2. The van der Waals surface area contributed by atoms with Crippen LogP contribution in [0, 0.1) is 6.92 Å². The molecule has 1 heterocycles. The zero-order valence-electron chi connectivity index (χ0n) is 10.1. The summed E-state index contributed by atoms with van der Waals surface area (Å²) in [5.41, 5.74) is 2.24. The lowest BCUT2D eigenvalue weighted by Crippen LogP contribution is -2.16. The van der Waals surface area contributed by atoms with Crippen molar-refractivity contribution in [2.24, 2.45) is 0 Å². The molecule has 1 aromatic heterocycles. The minimum atomic E-state index is -0.241. The number of nitrogens with one attached hydrogen (secondary N) is 1. The molecule has 0 saturated carbocycles. The SMILES string of the molecule is Cc1cccc(C(=O)NBr)c1COc1ccn(O)n1. The maximum Gasteiger partial charge on any atom is 0.261 e. The molecule has 2 N–H and O–H groups in total. The molecule has 2 rings (SSSR count). The van der Waals surface area contributed by atoms with E-state index < -0.39 is 0 Å². The van der Waals surface area contributed by atoms with Gasteiger partial charge in [-0.2, -0.15) is 0 Å². The van der Waals surface area contributed by atoms with E-state index in [-0.39, 0.29) is 18.4 Å². The normalized spacial score (nSPS) is 10.2. The number of halogens is 1. The van der Waals surface area contributed by atoms with E-state index in [1.807, 2.05) is 13.0 Å². The Kier molecular flexibility index (Phi) is 4.06. The monoisotopic (exact) mass is 325 g/mol. The number of nitrogens with zero attached hydrogens (tertiary/aromatic N) is 2. The smallest absolute Gasteiger partial charge is 0.261 e. The third-order valence-electron chi connectivity index (χ3n) is 2.66. The van der Waals surface area contributed by atoms with Gasteiger partial charge in [0.25, 0.3) is 5.91 Å².